The van der Waals surface area contributed by atoms with Crippen LogP contribution in [0.4, 0.5) is 0 Å². The van der Waals surface area contributed by atoms with Gasteiger partial charge in [-0.15, -0.1) is 6.58 Å². The van der Waals surface area contributed by atoms with Gasteiger partial charge in [-0.2, -0.15) is 0 Å². The Morgan fingerprint density at radius 1 is 1.47 bits per heavy atom. The van der Waals surface area contributed by atoms with Gasteiger partial charge in [0, 0.05) is 16.6 Å². The molecule has 82 valence electrons. The van der Waals surface area contributed by atoms with E-state index in [1.807, 2.05) is 12.1 Å². The molecule has 1 nitrogen and oxygen atoms in total. The number of hydrogen-bond acceptors (Lipinski definition) is 1. The van der Waals surface area contributed by atoms with E-state index in [4.69, 9.17) is 0 Å². The number of rotatable bonds is 5. The van der Waals surface area contributed by atoms with E-state index in [2.05, 4.69) is 59.9 Å². The first-order valence-electron chi connectivity index (χ1n) is 5.25. The van der Waals surface area contributed by atoms with Crippen LogP contribution in [0.25, 0.3) is 0 Å². The van der Waals surface area contributed by atoms with E-state index in [1.54, 1.807) is 0 Å². The fourth-order valence-corrected chi connectivity index (χ4v) is 2.04. The van der Waals surface area contributed by atoms with Crippen molar-refractivity contribution in [3.63, 3.8) is 0 Å². The highest BCUT2D eigenvalue weighted by molar-refractivity contribution is 9.10. The second kappa shape index (κ2) is 6.09. The molecule has 15 heavy (non-hydrogen) atoms. The third-order valence-electron chi connectivity index (χ3n) is 2.33. The van der Waals surface area contributed by atoms with Gasteiger partial charge in [0.15, 0.2) is 0 Å². The minimum absolute atomic E-state index is 0.368. The Morgan fingerprint density at radius 3 is 2.80 bits per heavy atom. The van der Waals surface area contributed by atoms with Crippen LogP contribution >= 0.6 is 15.9 Å². The van der Waals surface area contributed by atoms with Crippen LogP contribution in [0.15, 0.2) is 41.4 Å². The number of halogens is 1. The summed E-state index contributed by atoms with van der Waals surface area (Å²) in [5, 5.41) is 3.46. The fraction of sp³-hybridized carbons (Fsp3) is 0.385. The molecule has 0 heterocycles. The summed E-state index contributed by atoms with van der Waals surface area (Å²) in [5.74, 6) is 0. The van der Waals surface area contributed by atoms with Gasteiger partial charge in [-0.25, -0.2) is 0 Å². The van der Waals surface area contributed by atoms with Crippen molar-refractivity contribution >= 4 is 15.9 Å². The minimum Gasteiger partial charge on any atom is -0.308 e. The van der Waals surface area contributed by atoms with Crippen molar-refractivity contribution in [3.8, 4) is 0 Å². The Kier molecular flexibility index (Phi) is 5.06. The van der Waals surface area contributed by atoms with Gasteiger partial charge >= 0.3 is 0 Å². The Morgan fingerprint density at radius 2 is 2.20 bits per heavy atom. The molecule has 0 amide bonds. The highest BCUT2D eigenvalue weighted by Gasteiger charge is 2.05. The summed E-state index contributed by atoms with van der Waals surface area (Å²) < 4.78 is 1.14. The van der Waals surface area contributed by atoms with Crippen LogP contribution in [0.1, 0.15) is 19.4 Å². The van der Waals surface area contributed by atoms with Crippen LogP contribution < -0.4 is 5.32 Å². The van der Waals surface area contributed by atoms with Gasteiger partial charge in [-0.3, -0.25) is 0 Å². The van der Waals surface area contributed by atoms with Crippen LogP contribution in [0, 0.1) is 0 Å². The maximum atomic E-state index is 3.76. The highest BCUT2D eigenvalue weighted by atomic mass is 79.9. The van der Waals surface area contributed by atoms with Gasteiger partial charge in [0.05, 0.1) is 0 Å². The van der Waals surface area contributed by atoms with E-state index in [0.717, 1.165) is 10.9 Å². The molecule has 1 aromatic rings. The van der Waals surface area contributed by atoms with Crippen LogP contribution in [-0.2, 0) is 6.42 Å². The summed E-state index contributed by atoms with van der Waals surface area (Å²) >= 11 is 3.48. The van der Waals surface area contributed by atoms with Gasteiger partial charge in [0.1, 0.15) is 0 Å². The van der Waals surface area contributed by atoms with Crippen LogP contribution in [0.2, 0.25) is 0 Å². The molecule has 1 aromatic carbocycles. The van der Waals surface area contributed by atoms with Crippen molar-refractivity contribution in [1.82, 2.24) is 5.32 Å². The molecule has 0 aliphatic carbocycles. The number of nitrogens with one attached hydrogen (secondary N) is 1. The van der Waals surface area contributed by atoms with E-state index in [-0.39, 0.29) is 0 Å². The average Bonchev–Trinajstić information content (AvgIpc) is 2.17. The van der Waals surface area contributed by atoms with Crippen molar-refractivity contribution in [2.45, 2.75) is 32.4 Å². The molecule has 2 unspecified atom stereocenters. The van der Waals surface area contributed by atoms with E-state index >= 15 is 0 Å². The number of hydrogen-bond donors (Lipinski definition) is 1. The first-order valence-corrected chi connectivity index (χ1v) is 6.04. The molecule has 0 radical (unpaired) electrons. The van der Waals surface area contributed by atoms with Crippen LogP contribution in [0.5, 0.6) is 0 Å². The smallest absolute Gasteiger partial charge is 0.0221 e. The molecule has 0 saturated carbocycles. The lowest BCUT2D eigenvalue weighted by Crippen LogP contribution is -2.34. The molecule has 1 rings (SSSR count). The molecule has 1 N–H and O–H groups in total. The number of benzene rings is 1. The zero-order valence-corrected chi connectivity index (χ0v) is 10.9. The average molecular weight is 268 g/mol. The zero-order valence-electron chi connectivity index (χ0n) is 9.33. The molecule has 0 bridgehead atoms. The zero-order chi connectivity index (χ0) is 11.3. The summed E-state index contributed by atoms with van der Waals surface area (Å²) in [7, 11) is 0. The van der Waals surface area contributed by atoms with E-state index < -0.39 is 0 Å². The SMILES string of the molecule is C=CC(C)NC(C)Cc1cccc(Br)c1. The molecule has 0 aliphatic rings. The molecule has 0 fully saturated rings. The standard InChI is InChI=1S/C13H18BrN/c1-4-10(2)15-11(3)8-12-6-5-7-13(14)9-12/h4-7,9-11,15H,1,8H2,2-3H3. The predicted molar refractivity (Wildman–Crippen MR) is 70.1 cm³/mol. The van der Waals surface area contributed by atoms with Gasteiger partial charge in [0.25, 0.3) is 0 Å². The largest absolute Gasteiger partial charge is 0.308 e. The van der Waals surface area contributed by atoms with Gasteiger partial charge in [-0.05, 0) is 38.0 Å². The van der Waals surface area contributed by atoms with E-state index in [9.17, 15) is 0 Å². The third kappa shape index (κ3) is 4.63. The molecule has 2 heteroatoms. The van der Waals surface area contributed by atoms with Gasteiger partial charge in [-0.1, -0.05) is 34.1 Å². The molecular formula is C13H18BrN. The molecule has 0 spiro atoms. The van der Waals surface area contributed by atoms with Crippen molar-refractivity contribution in [3.05, 3.63) is 47.0 Å². The first kappa shape index (κ1) is 12.5. The van der Waals surface area contributed by atoms with Crippen LogP contribution in [0.3, 0.4) is 0 Å². The Labute approximate surface area is 101 Å². The third-order valence-corrected chi connectivity index (χ3v) is 2.83. The molecule has 2 atom stereocenters. The lowest BCUT2D eigenvalue weighted by molar-refractivity contribution is 0.514. The topological polar surface area (TPSA) is 12.0 Å². The molecular weight excluding hydrogens is 250 g/mol. The fourth-order valence-electron chi connectivity index (χ4n) is 1.59. The quantitative estimate of drug-likeness (QED) is 0.805. The van der Waals surface area contributed by atoms with Crippen LogP contribution in [-0.4, -0.2) is 12.1 Å². The normalized spacial score (nSPS) is 14.6. The molecule has 0 aromatic heterocycles. The molecule has 0 aliphatic heterocycles. The summed E-state index contributed by atoms with van der Waals surface area (Å²) in [5.41, 5.74) is 1.35. The summed E-state index contributed by atoms with van der Waals surface area (Å²) in [6.07, 6.45) is 2.97. The maximum absolute atomic E-state index is 3.76. The van der Waals surface area contributed by atoms with Crippen molar-refractivity contribution in [1.29, 1.82) is 0 Å². The first-order chi connectivity index (χ1) is 7.11. The van der Waals surface area contributed by atoms with Gasteiger partial charge < -0.3 is 5.32 Å². The van der Waals surface area contributed by atoms with Gasteiger partial charge in [0.2, 0.25) is 0 Å². The molecule has 0 saturated heterocycles. The second-order valence-electron chi connectivity index (χ2n) is 3.93. The monoisotopic (exact) mass is 267 g/mol. The van der Waals surface area contributed by atoms with Crippen molar-refractivity contribution in [2.24, 2.45) is 0 Å². The lowest BCUT2D eigenvalue weighted by atomic mass is 10.1. The lowest BCUT2D eigenvalue weighted by Gasteiger charge is -2.17. The predicted octanol–water partition coefficient (Wildman–Crippen LogP) is 3.54. The second-order valence-corrected chi connectivity index (χ2v) is 4.84. The summed E-state index contributed by atoms with van der Waals surface area (Å²) in [4.78, 5) is 0. The van der Waals surface area contributed by atoms with Crippen molar-refractivity contribution < 1.29 is 0 Å². The maximum Gasteiger partial charge on any atom is 0.0221 e. The van der Waals surface area contributed by atoms with E-state index in [0.29, 0.717) is 12.1 Å². The minimum atomic E-state index is 0.368. The summed E-state index contributed by atoms with van der Waals surface area (Å²) in [6.45, 7) is 8.08. The Hall–Kier alpha value is -0.600. The Balaban J connectivity index is 2.50. The van der Waals surface area contributed by atoms with E-state index in [1.165, 1.54) is 5.56 Å². The summed E-state index contributed by atoms with van der Waals surface area (Å²) in [6, 6.07) is 9.27. The Bertz CT molecular complexity index is 322. The van der Waals surface area contributed by atoms with Crippen molar-refractivity contribution in [2.75, 3.05) is 0 Å². The highest BCUT2D eigenvalue weighted by Crippen LogP contribution is 2.13.